The van der Waals surface area contributed by atoms with Crippen molar-refractivity contribution in [1.29, 1.82) is 0 Å². The molecule has 0 radical (unpaired) electrons. The number of rotatable bonds is 6. The van der Waals surface area contributed by atoms with E-state index in [0.717, 1.165) is 0 Å². The van der Waals surface area contributed by atoms with Gasteiger partial charge >= 0.3 is 0 Å². The first-order chi connectivity index (χ1) is 15.8. The number of non-ortho nitro benzene ring substituents is 1. The summed E-state index contributed by atoms with van der Waals surface area (Å²) in [7, 11) is 0. The third-order valence-electron chi connectivity index (χ3n) is 4.72. The zero-order valence-corrected chi connectivity index (χ0v) is 18.2. The van der Waals surface area contributed by atoms with E-state index in [-0.39, 0.29) is 38.7 Å². The maximum absolute atomic E-state index is 12.9. The first kappa shape index (κ1) is 22.4. The predicted octanol–water partition coefficient (Wildman–Crippen LogP) is 4.69. The number of aromatic nitrogens is 2. The molecule has 1 atom stereocenters. The number of nitro groups is 1. The van der Waals surface area contributed by atoms with Crippen LogP contribution in [0, 0.1) is 10.1 Å². The summed E-state index contributed by atoms with van der Waals surface area (Å²) < 4.78 is 0. The third-order valence-corrected chi connectivity index (χ3v) is 5.29. The Labute approximate surface area is 196 Å². The number of aliphatic hydroxyl groups excluding tert-OH is 1. The number of anilines is 1. The smallest absolute Gasteiger partial charge is 0.276 e. The number of nitro benzene ring substituents is 1. The standard InChI is InChI=1S/C22H15Cl2N5O4/c23-12-6-8-15(16(24)10-12)21(30)19(28-27-13-4-2-1-3-5-13)20-22(31)26-18-11-14(29(32)33)7-9-17(18)25-20/h1-11,21,27,30H,(H,26,31)/b28-19-/t21-/m1/s1. The van der Waals surface area contributed by atoms with Gasteiger partial charge in [0.2, 0.25) is 0 Å². The van der Waals surface area contributed by atoms with Crippen molar-refractivity contribution in [2.24, 2.45) is 5.10 Å². The molecule has 0 amide bonds. The van der Waals surface area contributed by atoms with E-state index >= 15 is 0 Å². The van der Waals surface area contributed by atoms with E-state index in [1.54, 1.807) is 30.3 Å². The Balaban J connectivity index is 1.85. The van der Waals surface area contributed by atoms with Crippen LogP contribution in [0.3, 0.4) is 0 Å². The molecule has 1 heterocycles. The maximum atomic E-state index is 12.9. The molecule has 0 aliphatic heterocycles. The van der Waals surface area contributed by atoms with Gasteiger partial charge in [-0.2, -0.15) is 5.10 Å². The monoisotopic (exact) mass is 483 g/mol. The van der Waals surface area contributed by atoms with E-state index < -0.39 is 16.6 Å². The van der Waals surface area contributed by atoms with Crippen molar-refractivity contribution in [2.45, 2.75) is 6.10 Å². The Morgan fingerprint density at radius 1 is 1.12 bits per heavy atom. The number of benzene rings is 3. The van der Waals surface area contributed by atoms with Crippen molar-refractivity contribution in [3.05, 3.63) is 109 Å². The van der Waals surface area contributed by atoms with Crippen molar-refractivity contribution in [1.82, 2.24) is 9.97 Å². The number of nitrogens with zero attached hydrogens (tertiary/aromatic N) is 3. The van der Waals surface area contributed by atoms with Gasteiger partial charge in [0.05, 0.1) is 21.6 Å². The third kappa shape index (κ3) is 4.85. The highest BCUT2D eigenvalue weighted by molar-refractivity contribution is 6.35. The van der Waals surface area contributed by atoms with Crippen LogP contribution >= 0.6 is 23.2 Å². The average molecular weight is 484 g/mol. The molecule has 0 saturated heterocycles. The molecule has 0 fully saturated rings. The SMILES string of the molecule is O=c1[nH]c2cc([N+](=O)[O-])ccc2nc1/C(=N/Nc1ccccc1)[C@H](O)c1ccc(Cl)cc1Cl. The molecule has 3 N–H and O–H groups in total. The minimum Gasteiger partial charge on any atom is -0.382 e. The molecule has 0 aliphatic rings. The molecule has 33 heavy (non-hydrogen) atoms. The number of hydrazone groups is 1. The lowest BCUT2D eigenvalue weighted by Crippen LogP contribution is -2.26. The highest BCUT2D eigenvalue weighted by atomic mass is 35.5. The lowest BCUT2D eigenvalue weighted by molar-refractivity contribution is -0.384. The topological polar surface area (TPSA) is 134 Å². The summed E-state index contributed by atoms with van der Waals surface area (Å²) in [6.07, 6.45) is -1.44. The largest absolute Gasteiger partial charge is 0.382 e. The molecule has 0 saturated carbocycles. The van der Waals surface area contributed by atoms with Crippen LogP contribution in [0.4, 0.5) is 11.4 Å². The number of hydrogen-bond donors (Lipinski definition) is 3. The van der Waals surface area contributed by atoms with E-state index in [4.69, 9.17) is 23.2 Å². The quantitative estimate of drug-likeness (QED) is 0.207. The van der Waals surface area contributed by atoms with E-state index in [0.29, 0.717) is 10.7 Å². The molecule has 1 aromatic heterocycles. The molecule has 9 nitrogen and oxygen atoms in total. The van der Waals surface area contributed by atoms with Crippen molar-refractivity contribution < 1.29 is 10.0 Å². The molecule has 11 heteroatoms. The number of fused-ring (bicyclic) bond motifs is 1. The first-order valence-electron chi connectivity index (χ1n) is 9.54. The van der Waals surface area contributed by atoms with Crippen LogP contribution in [0.25, 0.3) is 11.0 Å². The van der Waals surface area contributed by atoms with Crippen LogP contribution in [0.15, 0.2) is 76.6 Å². The molecule has 0 unspecified atom stereocenters. The molecule has 0 aliphatic carbocycles. The second-order valence-electron chi connectivity index (χ2n) is 6.92. The van der Waals surface area contributed by atoms with Gasteiger partial charge in [-0.05, 0) is 30.3 Å². The number of para-hydroxylation sites is 1. The van der Waals surface area contributed by atoms with Gasteiger partial charge in [0.1, 0.15) is 11.8 Å². The van der Waals surface area contributed by atoms with E-state index in [9.17, 15) is 20.0 Å². The van der Waals surface area contributed by atoms with Gasteiger partial charge in [-0.25, -0.2) is 4.98 Å². The maximum Gasteiger partial charge on any atom is 0.276 e. The summed E-state index contributed by atoms with van der Waals surface area (Å²) in [5.41, 5.74) is 2.94. The molecule has 0 spiro atoms. The second-order valence-corrected chi connectivity index (χ2v) is 7.76. The average Bonchev–Trinajstić information content (AvgIpc) is 2.79. The van der Waals surface area contributed by atoms with Crippen molar-refractivity contribution in [3.8, 4) is 0 Å². The molecule has 4 aromatic rings. The normalized spacial score (nSPS) is 12.5. The summed E-state index contributed by atoms with van der Waals surface area (Å²) in [6.45, 7) is 0. The van der Waals surface area contributed by atoms with Crippen molar-refractivity contribution in [2.75, 3.05) is 5.43 Å². The van der Waals surface area contributed by atoms with Crippen LogP contribution in [0.2, 0.25) is 10.0 Å². The number of nitrogens with one attached hydrogen (secondary N) is 2. The van der Waals surface area contributed by atoms with Gasteiger partial charge in [0, 0.05) is 27.7 Å². The highest BCUT2D eigenvalue weighted by Gasteiger charge is 2.25. The van der Waals surface area contributed by atoms with E-state index in [1.807, 2.05) is 6.07 Å². The Bertz CT molecular complexity index is 1440. The van der Waals surface area contributed by atoms with E-state index in [1.165, 1.54) is 30.3 Å². The van der Waals surface area contributed by atoms with Gasteiger partial charge in [0.15, 0.2) is 5.69 Å². The van der Waals surface area contributed by atoms with Gasteiger partial charge in [-0.3, -0.25) is 20.3 Å². The van der Waals surface area contributed by atoms with Crippen LogP contribution in [-0.4, -0.2) is 25.7 Å². The Kier molecular flexibility index (Phi) is 6.36. The van der Waals surface area contributed by atoms with Crippen molar-refractivity contribution in [3.63, 3.8) is 0 Å². The van der Waals surface area contributed by atoms with Gasteiger partial charge in [-0.15, -0.1) is 0 Å². The second kappa shape index (κ2) is 9.37. The minimum absolute atomic E-state index is 0.107. The summed E-state index contributed by atoms with van der Waals surface area (Å²) in [5.74, 6) is 0. The summed E-state index contributed by atoms with van der Waals surface area (Å²) >= 11 is 12.2. The fourth-order valence-corrected chi connectivity index (χ4v) is 3.62. The van der Waals surface area contributed by atoms with Crippen LogP contribution < -0.4 is 11.0 Å². The number of aromatic amines is 1. The predicted molar refractivity (Wildman–Crippen MR) is 127 cm³/mol. The zero-order valence-electron chi connectivity index (χ0n) is 16.7. The van der Waals surface area contributed by atoms with Crippen molar-refractivity contribution >= 4 is 51.3 Å². The minimum atomic E-state index is -1.44. The first-order valence-corrected chi connectivity index (χ1v) is 10.3. The Morgan fingerprint density at radius 2 is 1.88 bits per heavy atom. The lowest BCUT2D eigenvalue weighted by Gasteiger charge is -2.16. The molecular formula is C22H15Cl2N5O4. The van der Waals surface area contributed by atoms with Crippen LogP contribution in [-0.2, 0) is 0 Å². The fraction of sp³-hybridized carbons (Fsp3) is 0.0455. The zero-order chi connectivity index (χ0) is 23.5. The summed E-state index contributed by atoms with van der Waals surface area (Å²) in [5, 5.41) is 27.0. The molecule has 3 aromatic carbocycles. The van der Waals surface area contributed by atoms with Gasteiger partial charge in [-0.1, -0.05) is 47.5 Å². The highest BCUT2D eigenvalue weighted by Crippen LogP contribution is 2.28. The molecule has 4 rings (SSSR count). The van der Waals surface area contributed by atoms with Gasteiger partial charge < -0.3 is 10.1 Å². The number of aliphatic hydroxyl groups is 1. The summed E-state index contributed by atoms with van der Waals surface area (Å²) in [4.78, 5) is 30.2. The number of hydrogen-bond acceptors (Lipinski definition) is 7. The molecular weight excluding hydrogens is 469 g/mol. The molecule has 166 valence electrons. The number of H-pyrrole nitrogens is 1. The fourth-order valence-electron chi connectivity index (χ4n) is 3.11. The Morgan fingerprint density at radius 3 is 2.58 bits per heavy atom. The van der Waals surface area contributed by atoms with Gasteiger partial charge in [0.25, 0.3) is 11.2 Å². The van der Waals surface area contributed by atoms with Crippen LogP contribution in [0.1, 0.15) is 17.4 Å². The van der Waals surface area contributed by atoms with Crippen LogP contribution in [0.5, 0.6) is 0 Å². The van der Waals surface area contributed by atoms with E-state index in [2.05, 4.69) is 20.5 Å². The molecule has 0 bridgehead atoms. The number of halogens is 2. The Hall–Kier alpha value is -3.79. The lowest BCUT2D eigenvalue weighted by atomic mass is 10.0. The summed E-state index contributed by atoms with van der Waals surface area (Å²) in [6, 6.07) is 17.3.